The zero-order valence-electron chi connectivity index (χ0n) is 14.8. The van der Waals surface area contributed by atoms with E-state index in [0.29, 0.717) is 13.0 Å². The lowest BCUT2D eigenvalue weighted by Crippen LogP contribution is -2.37. The minimum absolute atomic E-state index is 0.333. The van der Waals surface area contributed by atoms with Gasteiger partial charge in [0.05, 0.1) is 14.2 Å². The van der Waals surface area contributed by atoms with Crippen LogP contribution in [0.4, 0.5) is 0 Å². The van der Waals surface area contributed by atoms with E-state index in [0.717, 1.165) is 27.8 Å². The third kappa shape index (κ3) is 3.87. The highest BCUT2D eigenvalue weighted by atomic mass is 16.6. The monoisotopic (exact) mass is 354 g/mol. The molecule has 0 aliphatic heterocycles. The fourth-order valence-electron chi connectivity index (χ4n) is 3.09. The van der Waals surface area contributed by atoms with Crippen molar-refractivity contribution in [3.63, 3.8) is 0 Å². The van der Waals surface area contributed by atoms with Crippen LogP contribution in [-0.4, -0.2) is 35.9 Å². The number of fused-ring (bicyclic) bond motifs is 1. The van der Waals surface area contributed by atoms with Gasteiger partial charge in [-0.1, -0.05) is 30.3 Å². The minimum atomic E-state index is -0.946. The van der Waals surface area contributed by atoms with Gasteiger partial charge in [-0.2, -0.15) is 5.48 Å². The minimum Gasteiger partial charge on any atom is -0.497 e. The van der Waals surface area contributed by atoms with Gasteiger partial charge >= 0.3 is 5.97 Å². The van der Waals surface area contributed by atoms with Gasteiger partial charge in [0.25, 0.3) is 0 Å². The maximum atomic E-state index is 11.4. The van der Waals surface area contributed by atoms with Crippen LogP contribution in [0.3, 0.4) is 0 Å². The van der Waals surface area contributed by atoms with Crippen molar-refractivity contribution in [3.05, 3.63) is 65.9 Å². The fraction of sp³-hybridized carbons (Fsp3) is 0.250. The summed E-state index contributed by atoms with van der Waals surface area (Å²) in [6.45, 7) is 0.694. The number of para-hydroxylation sites is 1. The van der Waals surface area contributed by atoms with Gasteiger partial charge in [-0.15, -0.1) is 0 Å². The molecule has 0 aliphatic rings. The van der Waals surface area contributed by atoms with Gasteiger partial charge in [0.1, 0.15) is 11.8 Å². The smallest absolute Gasteiger partial charge is 0.323 e. The SMILES string of the molecule is CON[C@@H](Cc1cn(Cc2ccc(OC)cc2)c2ccccc12)C(=O)O. The molecule has 3 rings (SSSR count). The van der Waals surface area contributed by atoms with E-state index in [2.05, 4.69) is 10.0 Å². The molecule has 3 aromatic rings. The largest absolute Gasteiger partial charge is 0.497 e. The number of carboxylic acid groups (broad SMARTS) is 1. The first-order valence-corrected chi connectivity index (χ1v) is 8.33. The molecule has 0 spiro atoms. The highest BCUT2D eigenvalue weighted by Gasteiger charge is 2.20. The molecule has 0 radical (unpaired) electrons. The van der Waals surface area contributed by atoms with Crippen molar-refractivity contribution < 1.29 is 19.5 Å². The number of nitrogens with one attached hydrogen (secondary N) is 1. The second kappa shape index (κ2) is 8.03. The van der Waals surface area contributed by atoms with E-state index < -0.39 is 12.0 Å². The first kappa shape index (κ1) is 18.0. The van der Waals surface area contributed by atoms with E-state index >= 15 is 0 Å². The molecule has 2 aromatic carbocycles. The predicted octanol–water partition coefficient (Wildman–Crippen LogP) is 2.84. The predicted molar refractivity (Wildman–Crippen MR) is 99.3 cm³/mol. The van der Waals surface area contributed by atoms with Crippen LogP contribution < -0.4 is 10.2 Å². The van der Waals surface area contributed by atoms with Gasteiger partial charge in [-0.25, -0.2) is 0 Å². The number of aromatic nitrogens is 1. The van der Waals surface area contributed by atoms with Gasteiger partial charge in [-0.05, 0) is 29.3 Å². The van der Waals surface area contributed by atoms with Gasteiger partial charge in [0.15, 0.2) is 0 Å². The van der Waals surface area contributed by atoms with Gasteiger partial charge in [0.2, 0.25) is 0 Å². The van der Waals surface area contributed by atoms with E-state index in [9.17, 15) is 9.90 Å². The molecule has 0 fully saturated rings. The average Bonchev–Trinajstić information content (AvgIpc) is 2.99. The fourth-order valence-corrected chi connectivity index (χ4v) is 3.09. The Balaban J connectivity index is 1.92. The molecule has 0 amide bonds. The van der Waals surface area contributed by atoms with Crippen molar-refractivity contribution in [2.24, 2.45) is 0 Å². The summed E-state index contributed by atoms with van der Waals surface area (Å²) in [5.41, 5.74) is 5.72. The Morgan fingerprint density at radius 3 is 2.54 bits per heavy atom. The quantitative estimate of drug-likeness (QED) is 0.609. The molecule has 6 heteroatoms. The molecule has 0 saturated heterocycles. The van der Waals surface area contributed by atoms with Crippen molar-refractivity contribution in [2.75, 3.05) is 14.2 Å². The molecule has 1 heterocycles. The van der Waals surface area contributed by atoms with Crippen LogP contribution in [-0.2, 0) is 22.6 Å². The van der Waals surface area contributed by atoms with Crippen LogP contribution in [0.25, 0.3) is 10.9 Å². The third-order valence-electron chi connectivity index (χ3n) is 4.37. The number of hydroxylamine groups is 1. The van der Waals surface area contributed by atoms with Gasteiger partial charge in [0, 0.05) is 30.1 Å². The summed E-state index contributed by atoms with van der Waals surface area (Å²) in [4.78, 5) is 16.3. The lowest BCUT2D eigenvalue weighted by Gasteiger charge is -2.11. The summed E-state index contributed by atoms with van der Waals surface area (Å²) in [5, 5.41) is 10.4. The lowest BCUT2D eigenvalue weighted by molar-refractivity contribution is -0.143. The second-order valence-electron chi connectivity index (χ2n) is 6.06. The maximum absolute atomic E-state index is 11.4. The number of carboxylic acids is 1. The maximum Gasteiger partial charge on any atom is 0.323 e. The standard InChI is InChI=1S/C20H22N2O4/c1-25-16-9-7-14(8-10-16)12-22-13-15(11-18(20(23)24)21-26-2)17-5-3-4-6-19(17)22/h3-10,13,18,21H,11-12H2,1-2H3,(H,23,24)/t18-/m0/s1. The Kier molecular flexibility index (Phi) is 5.55. The molecule has 2 N–H and O–H groups in total. The van der Waals surface area contributed by atoms with E-state index in [-0.39, 0.29) is 0 Å². The Morgan fingerprint density at radius 2 is 1.88 bits per heavy atom. The molecule has 0 saturated carbocycles. The summed E-state index contributed by atoms with van der Waals surface area (Å²) in [6, 6.07) is 15.1. The Hall–Kier alpha value is -2.83. The molecular weight excluding hydrogens is 332 g/mol. The molecule has 0 aliphatic carbocycles. The van der Waals surface area contributed by atoms with Crippen molar-refractivity contribution in [2.45, 2.75) is 19.0 Å². The van der Waals surface area contributed by atoms with Gasteiger partial charge in [-0.3, -0.25) is 4.79 Å². The topological polar surface area (TPSA) is 72.7 Å². The molecule has 6 nitrogen and oxygen atoms in total. The van der Waals surface area contributed by atoms with Crippen molar-refractivity contribution >= 4 is 16.9 Å². The van der Waals surface area contributed by atoms with Crippen LogP contribution in [0.1, 0.15) is 11.1 Å². The number of hydrogen-bond acceptors (Lipinski definition) is 4. The highest BCUT2D eigenvalue weighted by Crippen LogP contribution is 2.24. The number of hydrogen-bond donors (Lipinski definition) is 2. The van der Waals surface area contributed by atoms with E-state index in [1.54, 1.807) is 7.11 Å². The van der Waals surface area contributed by atoms with Crippen LogP contribution >= 0.6 is 0 Å². The van der Waals surface area contributed by atoms with Crippen molar-refractivity contribution in [1.82, 2.24) is 10.0 Å². The third-order valence-corrected chi connectivity index (χ3v) is 4.37. The Morgan fingerprint density at radius 1 is 1.15 bits per heavy atom. The average molecular weight is 354 g/mol. The number of carbonyl (C=O) groups is 1. The summed E-state index contributed by atoms with van der Waals surface area (Å²) >= 11 is 0. The number of nitrogens with zero attached hydrogens (tertiary/aromatic N) is 1. The zero-order chi connectivity index (χ0) is 18.5. The summed E-state index contributed by atoms with van der Waals surface area (Å²) < 4.78 is 7.34. The van der Waals surface area contributed by atoms with Gasteiger partial charge < -0.3 is 19.2 Å². The van der Waals surface area contributed by atoms with E-state index in [1.807, 2.05) is 54.7 Å². The van der Waals surface area contributed by atoms with Crippen molar-refractivity contribution in [1.29, 1.82) is 0 Å². The zero-order valence-corrected chi connectivity index (χ0v) is 14.8. The number of aliphatic carboxylic acids is 1. The molecule has 0 bridgehead atoms. The van der Waals surface area contributed by atoms with Crippen LogP contribution in [0.2, 0.25) is 0 Å². The number of ether oxygens (including phenoxy) is 1. The summed E-state index contributed by atoms with van der Waals surface area (Å²) in [7, 11) is 3.07. The summed E-state index contributed by atoms with van der Waals surface area (Å²) in [5.74, 6) is -0.124. The number of methoxy groups -OCH3 is 1. The van der Waals surface area contributed by atoms with Crippen LogP contribution in [0.5, 0.6) is 5.75 Å². The number of rotatable bonds is 8. The highest BCUT2D eigenvalue weighted by molar-refractivity contribution is 5.85. The van der Waals surface area contributed by atoms with E-state index in [4.69, 9.17) is 9.57 Å². The molecule has 26 heavy (non-hydrogen) atoms. The first-order chi connectivity index (χ1) is 12.6. The Labute approximate surface area is 151 Å². The van der Waals surface area contributed by atoms with Crippen molar-refractivity contribution in [3.8, 4) is 5.75 Å². The molecule has 136 valence electrons. The molecular formula is C20H22N2O4. The number of benzene rings is 2. The Bertz CT molecular complexity index is 886. The first-order valence-electron chi connectivity index (χ1n) is 8.33. The molecule has 0 unspecified atom stereocenters. The molecule has 1 aromatic heterocycles. The van der Waals surface area contributed by atoms with Crippen LogP contribution in [0, 0.1) is 0 Å². The van der Waals surface area contributed by atoms with E-state index in [1.165, 1.54) is 7.11 Å². The normalized spacial score (nSPS) is 12.2. The second-order valence-corrected chi connectivity index (χ2v) is 6.06. The summed E-state index contributed by atoms with van der Waals surface area (Å²) in [6.07, 6.45) is 2.35. The van der Waals surface area contributed by atoms with Crippen LogP contribution in [0.15, 0.2) is 54.7 Å². The lowest BCUT2D eigenvalue weighted by atomic mass is 10.1. The molecule has 1 atom stereocenters.